The first kappa shape index (κ1) is 16.0. The van der Waals surface area contributed by atoms with Crippen LogP contribution in [0.4, 0.5) is 0 Å². The van der Waals surface area contributed by atoms with Gasteiger partial charge in [-0.25, -0.2) is 0 Å². The Morgan fingerprint density at radius 1 is 1.17 bits per heavy atom. The van der Waals surface area contributed by atoms with Crippen molar-refractivity contribution in [2.45, 2.75) is 12.8 Å². The van der Waals surface area contributed by atoms with Crippen LogP contribution in [0.5, 0.6) is 11.5 Å². The van der Waals surface area contributed by atoms with Gasteiger partial charge in [-0.1, -0.05) is 5.92 Å². The Morgan fingerprint density at radius 3 is 2.61 bits per heavy atom. The summed E-state index contributed by atoms with van der Waals surface area (Å²) in [7, 11) is 0. The Balaban J connectivity index is 0.00000156. The number of piperidine rings is 1. The van der Waals surface area contributed by atoms with Crippen LogP contribution in [0.2, 0.25) is 0 Å². The minimum Gasteiger partial charge on any atom is -0.454 e. The number of nitrogens with zero attached hydrogens (tertiary/aromatic N) is 1. The Morgan fingerprint density at radius 2 is 1.91 bits per heavy atom. The third-order valence-electron chi connectivity index (χ3n) is 4.80. The molecule has 1 aromatic rings. The maximum atomic E-state index is 12.2. The van der Waals surface area contributed by atoms with Crippen LogP contribution in [-0.4, -0.2) is 43.8 Å². The number of likely N-dealkylation sites (tertiary alicyclic amines) is 1. The molecule has 3 aliphatic rings. The summed E-state index contributed by atoms with van der Waals surface area (Å²) in [6, 6.07) is 5.48. The lowest BCUT2D eigenvalue weighted by Crippen LogP contribution is -2.58. The van der Waals surface area contributed by atoms with Crippen LogP contribution in [0.25, 0.3) is 0 Å². The van der Waals surface area contributed by atoms with Gasteiger partial charge in [-0.2, -0.15) is 0 Å². The van der Waals surface area contributed by atoms with Gasteiger partial charge in [0, 0.05) is 37.7 Å². The molecule has 1 amide bonds. The summed E-state index contributed by atoms with van der Waals surface area (Å²) in [5.74, 6) is 7.02. The molecular formula is C17H19ClN2O3. The number of benzene rings is 1. The van der Waals surface area contributed by atoms with Gasteiger partial charge in [0.15, 0.2) is 11.5 Å². The molecule has 5 nitrogen and oxygen atoms in total. The van der Waals surface area contributed by atoms with Crippen molar-refractivity contribution in [3.05, 3.63) is 23.8 Å². The molecule has 0 aromatic heterocycles. The minimum atomic E-state index is -0.0835. The predicted octanol–water partition coefficient (Wildman–Crippen LogP) is 1.40. The van der Waals surface area contributed by atoms with E-state index in [2.05, 4.69) is 17.2 Å². The fraction of sp³-hybridized carbons (Fsp3) is 0.471. The van der Waals surface area contributed by atoms with Crippen molar-refractivity contribution < 1.29 is 14.3 Å². The number of carbonyl (C=O) groups excluding carboxylic acids is 1. The van der Waals surface area contributed by atoms with Gasteiger partial charge in [-0.3, -0.25) is 4.79 Å². The molecule has 0 unspecified atom stereocenters. The molecule has 0 radical (unpaired) electrons. The van der Waals surface area contributed by atoms with Gasteiger partial charge in [0.25, 0.3) is 5.91 Å². The fourth-order valence-corrected chi connectivity index (χ4v) is 3.20. The number of nitrogens with one attached hydrogen (secondary N) is 1. The Bertz CT molecular complexity index is 666. The largest absolute Gasteiger partial charge is 0.454 e. The van der Waals surface area contributed by atoms with Crippen molar-refractivity contribution in [3.8, 4) is 23.3 Å². The Hall–Kier alpha value is -1.90. The first-order valence-corrected chi connectivity index (χ1v) is 7.66. The lowest BCUT2D eigenvalue weighted by atomic mass is 9.73. The van der Waals surface area contributed by atoms with Gasteiger partial charge in [0.2, 0.25) is 6.79 Å². The van der Waals surface area contributed by atoms with Crippen molar-refractivity contribution in [2.24, 2.45) is 5.41 Å². The summed E-state index contributed by atoms with van der Waals surface area (Å²) in [6.45, 7) is 4.07. The van der Waals surface area contributed by atoms with Crippen molar-refractivity contribution in [2.75, 3.05) is 33.0 Å². The van der Waals surface area contributed by atoms with Gasteiger partial charge in [0.1, 0.15) is 0 Å². The number of hydrogen-bond donors (Lipinski definition) is 1. The molecule has 1 N–H and O–H groups in total. The predicted molar refractivity (Wildman–Crippen MR) is 87.8 cm³/mol. The number of fused-ring (bicyclic) bond motifs is 1. The van der Waals surface area contributed by atoms with Crippen LogP contribution >= 0.6 is 12.4 Å². The second-order valence-corrected chi connectivity index (χ2v) is 6.21. The molecule has 0 saturated carbocycles. The average Bonchev–Trinajstić information content (AvgIpc) is 2.99. The second-order valence-electron chi connectivity index (χ2n) is 6.21. The average molecular weight is 335 g/mol. The SMILES string of the molecule is Cl.O=C(C#Cc1ccc2c(c1)OCO2)N1CCC2(CC1)CNC2. The van der Waals surface area contributed by atoms with E-state index in [0.717, 1.165) is 50.3 Å². The zero-order valence-corrected chi connectivity index (χ0v) is 13.6. The molecule has 0 aliphatic carbocycles. The first-order chi connectivity index (χ1) is 10.7. The Labute approximate surface area is 141 Å². The highest BCUT2D eigenvalue weighted by Gasteiger charge is 2.40. The van der Waals surface area contributed by atoms with Gasteiger partial charge < -0.3 is 19.7 Å². The molecule has 122 valence electrons. The highest BCUT2D eigenvalue weighted by Crippen LogP contribution is 2.35. The molecule has 0 atom stereocenters. The quantitative estimate of drug-likeness (QED) is 0.729. The Kier molecular flexibility index (Phi) is 4.38. The van der Waals surface area contributed by atoms with Crippen LogP contribution in [0, 0.1) is 17.3 Å². The standard InChI is InChI=1S/C17H18N2O3.ClH/c20-16(19-7-5-17(6-8-19)10-18-11-17)4-2-13-1-3-14-15(9-13)22-12-21-14;/h1,3,9,18H,5-8,10-12H2;1H. The van der Waals surface area contributed by atoms with Crippen molar-refractivity contribution in [1.82, 2.24) is 10.2 Å². The van der Waals surface area contributed by atoms with Crippen molar-refractivity contribution >= 4 is 18.3 Å². The number of halogens is 1. The first-order valence-electron chi connectivity index (χ1n) is 7.66. The van der Waals surface area contributed by atoms with Crippen LogP contribution < -0.4 is 14.8 Å². The summed E-state index contributed by atoms with van der Waals surface area (Å²) in [5, 5.41) is 3.33. The topological polar surface area (TPSA) is 50.8 Å². The zero-order valence-electron chi connectivity index (χ0n) is 12.8. The lowest BCUT2D eigenvalue weighted by molar-refractivity contribution is -0.127. The van der Waals surface area contributed by atoms with Crippen molar-refractivity contribution in [1.29, 1.82) is 0 Å². The number of rotatable bonds is 0. The summed E-state index contributed by atoms with van der Waals surface area (Å²) >= 11 is 0. The number of amides is 1. The molecule has 3 aliphatic heterocycles. The van der Waals surface area contributed by atoms with Crippen LogP contribution in [0.3, 0.4) is 0 Å². The monoisotopic (exact) mass is 334 g/mol. The third kappa shape index (κ3) is 3.10. The summed E-state index contributed by atoms with van der Waals surface area (Å²) < 4.78 is 10.6. The van der Waals surface area contributed by atoms with E-state index in [1.54, 1.807) is 0 Å². The van der Waals surface area contributed by atoms with Crippen LogP contribution in [0.15, 0.2) is 18.2 Å². The van der Waals surface area contributed by atoms with E-state index in [9.17, 15) is 4.79 Å². The van der Waals surface area contributed by atoms with Crippen LogP contribution in [-0.2, 0) is 4.79 Å². The molecule has 3 heterocycles. The lowest BCUT2D eigenvalue weighted by Gasteiger charge is -2.48. The van der Waals surface area contributed by atoms with Crippen LogP contribution in [0.1, 0.15) is 18.4 Å². The summed E-state index contributed by atoms with van der Waals surface area (Å²) in [4.78, 5) is 14.1. The fourth-order valence-electron chi connectivity index (χ4n) is 3.20. The zero-order chi connectivity index (χ0) is 15.0. The summed E-state index contributed by atoms with van der Waals surface area (Å²) in [5.41, 5.74) is 1.22. The van der Waals surface area contributed by atoms with Gasteiger partial charge in [-0.05, 0) is 36.5 Å². The molecule has 2 saturated heterocycles. The third-order valence-corrected chi connectivity index (χ3v) is 4.80. The van der Waals surface area contributed by atoms with E-state index in [4.69, 9.17) is 9.47 Å². The highest BCUT2D eigenvalue weighted by molar-refractivity contribution is 5.94. The molecule has 4 rings (SSSR count). The smallest absolute Gasteiger partial charge is 0.298 e. The van der Waals surface area contributed by atoms with E-state index in [0.29, 0.717) is 11.2 Å². The molecular weight excluding hydrogens is 316 g/mol. The molecule has 2 fully saturated rings. The number of hydrogen-bond acceptors (Lipinski definition) is 4. The molecule has 0 bridgehead atoms. The maximum absolute atomic E-state index is 12.2. The van der Waals surface area contributed by atoms with Crippen molar-refractivity contribution in [3.63, 3.8) is 0 Å². The molecule has 1 spiro atoms. The van der Waals surface area contributed by atoms with E-state index in [-0.39, 0.29) is 25.1 Å². The minimum absolute atomic E-state index is 0. The van der Waals surface area contributed by atoms with Gasteiger partial charge in [-0.15, -0.1) is 12.4 Å². The van der Waals surface area contributed by atoms with E-state index in [1.807, 2.05) is 23.1 Å². The molecule has 6 heteroatoms. The van der Waals surface area contributed by atoms with Gasteiger partial charge >= 0.3 is 0 Å². The van der Waals surface area contributed by atoms with E-state index >= 15 is 0 Å². The summed E-state index contributed by atoms with van der Waals surface area (Å²) in [6.07, 6.45) is 2.16. The normalized spacial score (nSPS) is 20.1. The molecule has 1 aromatic carbocycles. The highest BCUT2D eigenvalue weighted by atomic mass is 35.5. The maximum Gasteiger partial charge on any atom is 0.298 e. The number of ether oxygens (including phenoxy) is 2. The van der Waals surface area contributed by atoms with E-state index < -0.39 is 0 Å². The number of carbonyl (C=O) groups is 1. The van der Waals surface area contributed by atoms with Gasteiger partial charge in [0.05, 0.1) is 0 Å². The second kappa shape index (κ2) is 6.31. The molecule has 23 heavy (non-hydrogen) atoms. The van der Waals surface area contributed by atoms with E-state index in [1.165, 1.54) is 0 Å².